The molecule has 1 spiro atoms. The molecule has 4 rings (SSSR count). The average Bonchev–Trinajstić information content (AvgIpc) is 3.12. The maximum atomic E-state index is 13.3. The second-order valence-corrected chi connectivity index (χ2v) is 8.42. The van der Waals surface area contributed by atoms with Gasteiger partial charge in [0.15, 0.2) is 0 Å². The van der Waals surface area contributed by atoms with Crippen LogP contribution in [-0.4, -0.2) is 28.5 Å². The highest BCUT2D eigenvalue weighted by atomic mass is 35.5. The molecule has 1 atom stereocenters. The predicted octanol–water partition coefficient (Wildman–Crippen LogP) is 6.07. The quantitative estimate of drug-likeness (QED) is 0.415. The summed E-state index contributed by atoms with van der Waals surface area (Å²) in [4.78, 5) is 26.9. The minimum atomic E-state index is -0.540. The van der Waals surface area contributed by atoms with E-state index >= 15 is 0 Å². The summed E-state index contributed by atoms with van der Waals surface area (Å²) in [6, 6.07) is 10.9. The van der Waals surface area contributed by atoms with Crippen molar-refractivity contribution in [1.29, 1.82) is 0 Å². The van der Waals surface area contributed by atoms with Crippen molar-refractivity contribution in [3.8, 4) is 0 Å². The monoisotopic (exact) mass is 478 g/mol. The molecule has 1 aliphatic carbocycles. The molecule has 1 aliphatic heterocycles. The SMILES string of the molecule is CC.CC.O=C(NO)c1ccc2c(c1)CC1(CC2)CCN(Cc2ccc(Cl)c(Cl)c2)C1=O. The van der Waals surface area contributed by atoms with Crippen molar-refractivity contribution in [2.45, 2.75) is 59.9 Å². The Kier molecular flexibility index (Phi) is 9.56. The number of benzene rings is 2. The van der Waals surface area contributed by atoms with Crippen molar-refractivity contribution < 1.29 is 14.8 Å². The van der Waals surface area contributed by atoms with E-state index in [0.717, 1.165) is 36.0 Å². The van der Waals surface area contributed by atoms with Gasteiger partial charge in [-0.1, -0.05) is 63.0 Å². The van der Waals surface area contributed by atoms with E-state index in [1.54, 1.807) is 29.7 Å². The van der Waals surface area contributed by atoms with E-state index in [9.17, 15) is 9.59 Å². The van der Waals surface area contributed by atoms with E-state index in [2.05, 4.69) is 0 Å². The lowest BCUT2D eigenvalue weighted by Gasteiger charge is -2.33. The van der Waals surface area contributed by atoms with Gasteiger partial charge >= 0.3 is 0 Å². The summed E-state index contributed by atoms with van der Waals surface area (Å²) in [5.74, 6) is -0.386. The van der Waals surface area contributed by atoms with Gasteiger partial charge in [-0.3, -0.25) is 14.8 Å². The normalized spacial score (nSPS) is 18.8. The molecule has 2 N–H and O–H groups in total. The molecule has 1 unspecified atom stereocenters. The first-order valence-electron chi connectivity index (χ1n) is 11.2. The van der Waals surface area contributed by atoms with Gasteiger partial charge in [0.2, 0.25) is 5.91 Å². The molecular weight excluding hydrogens is 447 g/mol. The van der Waals surface area contributed by atoms with Gasteiger partial charge in [-0.15, -0.1) is 0 Å². The van der Waals surface area contributed by atoms with E-state index in [1.165, 1.54) is 0 Å². The zero-order valence-electron chi connectivity index (χ0n) is 19.2. The molecule has 1 fully saturated rings. The van der Waals surface area contributed by atoms with Crippen molar-refractivity contribution in [2.75, 3.05) is 6.54 Å². The van der Waals surface area contributed by atoms with Crippen LogP contribution < -0.4 is 5.48 Å². The molecule has 5 nitrogen and oxygen atoms in total. The molecule has 1 heterocycles. The van der Waals surface area contributed by atoms with Gasteiger partial charge < -0.3 is 4.90 Å². The number of fused-ring (bicyclic) bond motifs is 1. The standard InChI is InChI=1S/C21H20Cl2N2O3.2C2H6/c22-17-4-1-13(9-18(17)23)12-25-8-7-21(20(25)27)6-5-14-2-3-15(19(26)24-28)10-16(14)11-21;2*1-2/h1-4,9-10,28H,5-8,11-12H2,(H,24,26);2*1-2H3. The Balaban J connectivity index is 0.000000860. The van der Waals surface area contributed by atoms with Crippen LogP contribution in [0.15, 0.2) is 36.4 Å². The highest BCUT2D eigenvalue weighted by Crippen LogP contribution is 2.44. The van der Waals surface area contributed by atoms with Crippen LogP contribution in [0.1, 0.15) is 67.6 Å². The van der Waals surface area contributed by atoms with Gasteiger partial charge in [0.05, 0.1) is 15.5 Å². The van der Waals surface area contributed by atoms with E-state index < -0.39 is 11.3 Å². The number of nitrogens with one attached hydrogen (secondary N) is 1. The first kappa shape index (κ1) is 26.2. The van der Waals surface area contributed by atoms with Crippen LogP contribution in [0.25, 0.3) is 0 Å². The van der Waals surface area contributed by atoms with Gasteiger partial charge in [0, 0.05) is 18.7 Å². The topological polar surface area (TPSA) is 69.6 Å². The van der Waals surface area contributed by atoms with E-state index in [-0.39, 0.29) is 5.91 Å². The Morgan fingerprint density at radius 3 is 2.41 bits per heavy atom. The average molecular weight is 479 g/mol. The molecule has 32 heavy (non-hydrogen) atoms. The Hall–Kier alpha value is -2.08. The number of likely N-dealkylation sites (tertiary alicyclic amines) is 1. The number of amides is 2. The molecule has 7 heteroatoms. The number of halogens is 2. The maximum Gasteiger partial charge on any atom is 0.274 e. The summed E-state index contributed by atoms with van der Waals surface area (Å²) in [6.45, 7) is 9.21. The number of carbonyl (C=O) groups excluding carboxylic acids is 2. The van der Waals surface area contributed by atoms with E-state index in [1.807, 2.05) is 44.7 Å². The number of hydroxylamine groups is 1. The van der Waals surface area contributed by atoms with Crippen molar-refractivity contribution in [3.05, 3.63) is 68.7 Å². The first-order chi connectivity index (χ1) is 15.4. The van der Waals surface area contributed by atoms with Crippen LogP contribution in [0, 0.1) is 5.41 Å². The lowest BCUT2D eigenvalue weighted by atomic mass is 9.70. The second kappa shape index (κ2) is 11.7. The fraction of sp³-hybridized carbons (Fsp3) is 0.440. The first-order valence-corrected chi connectivity index (χ1v) is 12.0. The zero-order valence-corrected chi connectivity index (χ0v) is 20.7. The minimum Gasteiger partial charge on any atom is -0.338 e. The molecular formula is C25H32Cl2N2O3. The van der Waals surface area contributed by atoms with Crippen LogP contribution in [-0.2, 0) is 24.2 Å². The Morgan fingerprint density at radius 2 is 1.75 bits per heavy atom. The van der Waals surface area contributed by atoms with Gasteiger partial charge in [-0.25, -0.2) is 5.48 Å². The van der Waals surface area contributed by atoms with Crippen molar-refractivity contribution in [2.24, 2.45) is 5.41 Å². The lowest BCUT2D eigenvalue weighted by molar-refractivity contribution is -0.137. The van der Waals surface area contributed by atoms with Gasteiger partial charge in [-0.2, -0.15) is 0 Å². The Bertz CT molecular complexity index is 964. The lowest BCUT2D eigenvalue weighted by Crippen LogP contribution is -2.38. The van der Waals surface area contributed by atoms with Crippen LogP contribution >= 0.6 is 23.2 Å². The fourth-order valence-electron chi connectivity index (χ4n) is 4.37. The number of nitrogens with zero attached hydrogens (tertiary/aromatic N) is 1. The molecule has 174 valence electrons. The fourth-order valence-corrected chi connectivity index (χ4v) is 4.69. The zero-order chi connectivity index (χ0) is 23.9. The Labute approximate surface area is 200 Å². The number of aryl methyl sites for hydroxylation is 1. The predicted molar refractivity (Wildman–Crippen MR) is 129 cm³/mol. The number of rotatable bonds is 3. The molecule has 2 amide bonds. The molecule has 2 aliphatic rings. The smallest absolute Gasteiger partial charge is 0.274 e. The summed E-state index contributed by atoms with van der Waals surface area (Å²) in [5.41, 5.74) is 4.78. The summed E-state index contributed by atoms with van der Waals surface area (Å²) in [6.07, 6.45) is 3.03. The number of hydrogen-bond donors (Lipinski definition) is 2. The highest BCUT2D eigenvalue weighted by Gasteiger charge is 2.48. The molecule has 2 aromatic rings. The van der Waals surface area contributed by atoms with Crippen molar-refractivity contribution in [1.82, 2.24) is 10.4 Å². The summed E-state index contributed by atoms with van der Waals surface area (Å²) in [5, 5.41) is 9.86. The minimum absolute atomic E-state index is 0.154. The summed E-state index contributed by atoms with van der Waals surface area (Å²) in [7, 11) is 0. The van der Waals surface area contributed by atoms with E-state index in [0.29, 0.717) is 35.1 Å². The second-order valence-electron chi connectivity index (χ2n) is 7.61. The third-order valence-electron chi connectivity index (χ3n) is 5.93. The van der Waals surface area contributed by atoms with Crippen molar-refractivity contribution in [3.63, 3.8) is 0 Å². The third-order valence-corrected chi connectivity index (χ3v) is 6.67. The third kappa shape index (κ3) is 5.45. The van der Waals surface area contributed by atoms with Crippen molar-refractivity contribution >= 4 is 35.0 Å². The largest absolute Gasteiger partial charge is 0.338 e. The van der Waals surface area contributed by atoms with Crippen LogP contribution in [0.2, 0.25) is 10.0 Å². The maximum absolute atomic E-state index is 13.3. The summed E-state index contributed by atoms with van der Waals surface area (Å²) < 4.78 is 0. The van der Waals surface area contributed by atoms with Crippen LogP contribution in [0.4, 0.5) is 0 Å². The van der Waals surface area contributed by atoms with Crippen LogP contribution in [0.5, 0.6) is 0 Å². The number of carbonyl (C=O) groups is 2. The van der Waals surface area contributed by atoms with Gasteiger partial charge in [0.1, 0.15) is 0 Å². The van der Waals surface area contributed by atoms with Crippen LogP contribution in [0.3, 0.4) is 0 Å². The Morgan fingerprint density at radius 1 is 1.03 bits per heavy atom. The molecule has 1 saturated heterocycles. The molecule has 2 aromatic carbocycles. The number of hydrogen-bond acceptors (Lipinski definition) is 3. The highest BCUT2D eigenvalue weighted by molar-refractivity contribution is 6.42. The molecule has 0 radical (unpaired) electrons. The molecule has 0 aromatic heterocycles. The van der Waals surface area contributed by atoms with Gasteiger partial charge in [0.25, 0.3) is 5.91 Å². The van der Waals surface area contributed by atoms with Gasteiger partial charge in [-0.05, 0) is 66.6 Å². The molecule has 0 bridgehead atoms. The van der Waals surface area contributed by atoms with E-state index in [4.69, 9.17) is 28.4 Å². The summed E-state index contributed by atoms with van der Waals surface area (Å²) >= 11 is 12.1. The molecule has 0 saturated carbocycles.